The number of nitrogens with two attached hydrogens (primary N) is 1. The molecule has 3 aromatic heterocycles. The van der Waals surface area contributed by atoms with Gasteiger partial charge < -0.3 is 5.73 Å². The number of piperidine rings is 1. The third kappa shape index (κ3) is 3.08. The molecule has 1 aromatic carbocycles. The Hall–Kier alpha value is -3.13. The van der Waals surface area contributed by atoms with Crippen molar-refractivity contribution in [3.8, 4) is 0 Å². The van der Waals surface area contributed by atoms with Gasteiger partial charge in [0.25, 0.3) is 0 Å². The second-order valence-corrected chi connectivity index (χ2v) is 8.46. The molecule has 0 radical (unpaired) electrons. The van der Waals surface area contributed by atoms with E-state index in [2.05, 4.69) is 22.1 Å². The fourth-order valence-electron chi connectivity index (χ4n) is 4.69. The van der Waals surface area contributed by atoms with Crippen LogP contribution in [0.1, 0.15) is 35.7 Å². The average molecular weight is 406 g/mol. The van der Waals surface area contributed by atoms with Gasteiger partial charge in [-0.3, -0.25) is 14.0 Å². The summed E-state index contributed by atoms with van der Waals surface area (Å²) in [7, 11) is 3.65. The molecular weight excluding hydrogens is 378 g/mol. The predicted octanol–water partition coefficient (Wildman–Crippen LogP) is 2.19. The fraction of sp³-hybridized carbons (Fsp3) is 0.409. The van der Waals surface area contributed by atoms with E-state index in [1.165, 1.54) is 5.56 Å². The van der Waals surface area contributed by atoms with Gasteiger partial charge in [-0.05, 0) is 44.0 Å². The molecule has 0 bridgehead atoms. The Kier molecular flexibility index (Phi) is 4.39. The molecule has 4 aromatic rings. The van der Waals surface area contributed by atoms with Crippen LogP contribution < -0.4 is 11.4 Å². The molecule has 0 spiro atoms. The quantitative estimate of drug-likeness (QED) is 0.565. The molecule has 8 nitrogen and oxygen atoms in total. The van der Waals surface area contributed by atoms with Crippen LogP contribution in [0.25, 0.3) is 16.7 Å². The summed E-state index contributed by atoms with van der Waals surface area (Å²) in [4.78, 5) is 19.5. The van der Waals surface area contributed by atoms with Crippen molar-refractivity contribution in [3.63, 3.8) is 0 Å². The van der Waals surface area contributed by atoms with Crippen LogP contribution in [0.2, 0.25) is 0 Å². The number of likely N-dealkylation sites (tertiary alicyclic amines) is 1. The Morgan fingerprint density at radius 1 is 1.13 bits per heavy atom. The molecule has 30 heavy (non-hydrogen) atoms. The minimum Gasteiger partial charge on any atom is -0.384 e. The van der Waals surface area contributed by atoms with E-state index in [1.807, 2.05) is 39.2 Å². The van der Waals surface area contributed by atoms with E-state index in [4.69, 9.17) is 10.7 Å². The zero-order valence-corrected chi connectivity index (χ0v) is 17.7. The third-order valence-electron chi connectivity index (χ3n) is 6.26. The van der Waals surface area contributed by atoms with Crippen LogP contribution in [-0.4, -0.2) is 41.7 Å². The Balaban J connectivity index is 1.39. The van der Waals surface area contributed by atoms with Crippen LogP contribution in [0.15, 0.2) is 35.1 Å². The zero-order chi connectivity index (χ0) is 21.0. The van der Waals surface area contributed by atoms with Gasteiger partial charge in [0.05, 0.1) is 22.4 Å². The van der Waals surface area contributed by atoms with Crippen LogP contribution >= 0.6 is 0 Å². The maximum absolute atomic E-state index is 12.2. The number of rotatable bonds is 3. The number of aromatic nitrogens is 5. The van der Waals surface area contributed by atoms with E-state index < -0.39 is 0 Å². The molecule has 1 atom stereocenters. The minimum atomic E-state index is 0.00866. The first-order valence-corrected chi connectivity index (χ1v) is 10.4. The van der Waals surface area contributed by atoms with E-state index in [0.29, 0.717) is 11.7 Å². The fourth-order valence-corrected chi connectivity index (χ4v) is 4.69. The number of imidazole rings is 1. The SMILES string of the molecule is Cc1cc2nc(C3CCCN(Cc4ccc5c(c4)n(C)c(=O)n5C)C3)cc(N)n2n1. The number of hydrogen-bond acceptors (Lipinski definition) is 5. The van der Waals surface area contributed by atoms with Crippen LogP contribution in [0.5, 0.6) is 0 Å². The summed E-state index contributed by atoms with van der Waals surface area (Å²) in [6, 6.07) is 10.3. The number of aryl methyl sites for hydroxylation is 3. The summed E-state index contributed by atoms with van der Waals surface area (Å²) in [5.74, 6) is 0.988. The average Bonchev–Trinajstić information content (AvgIpc) is 3.21. The number of fused-ring (bicyclic) bond motifs is 2. The molecule has 1 aliphatic rings. The van der Waals surface area contributed by atoms with Crippen molar-refractivity contribution in [2.45, 2.75) is 32.2 Å². The lowest BCUT2D eigenvalue weighted by Gasteiger charge is -2.32. The highest BCUT2D eigenvalue weighted by molar-refractivity contribution is 5.76. The first-order chi connectivity index (χ1) is 14.4. The van der Waals surface area contributed by atoms with Crippen molar-refractivity contribution in [1.82, 2.24) is 28.6 Å². The van der Waals surface area contributed by atoms with Gasteiger partial charge in [0.15, 0.2) is 5.65 Å². The van der Waals surface area contributed by atoms with E-state index >= 15 is 0 Å². The summed E-state index contributed by atoms with van der Waals surface area (Å²) in [5, 5.41) is 4.40. The Morgan fingerprint density at radius 2 is 1.93 bits per heavy atom. The highest BCUT2D eigenvalue weighted by Crippen LogP contribution is 2.28. The number of hydrogen-bond donors (Lipinski definition) is 1. The molecule has 1 unspecified atom stereocenters. The second-order valence-electron chi connectivity index (χ2n) is 8.46. The number of nitrogens with zero attached hydrogens (tertiary/aromatic N) is 6. The third-order valence-corrected chi connectivity index (χ3v) is 6.26. The summed E-state index contributed by atoms with van der Waals surface area (Å²) in [5.41, 5.74) is 12.2. The molecule has 1 fully saturated rings. The predicted molar refractivity (Wildman–Crippen MR) is 118 cm³/mol. The zero-order valence-electron chi connectivity index (χ0n) is 17.7. The van der Waals surface area contributed by atoms with Crippen LogP contribution in [0, 0.1) is 6.92 Å². The molecule has 156 valence electrons. The molecule has 5 rings (SSSR count). The van der Waals surface area contributed by atoms with Gasteiger partial charge in [-0.2, -0.15) is 9.61 Å². The van der Waals surface area contributed by atoms with Crippen molar-refractivity contribution in [2.75, 3.05) is 18.8 Å². The number of anilines is 1. The molecule has 2 N–H and O–H groups in total. The van der Waals surface area contributed by atoms with Gasteiger partial charge in [-0.25, -0.2) is 9.78 Å². The van der Waals surface area contributed by atoms with Crippen LogP contribution in [0.4, 0.5) is 5.82 Å². The Labute approximate surface area is 174 Å². The smallest absolute Gasteiger partial charge is 0.328 e. The highest BCUT2D eigenvalue weighted by atomic mass is 16.1. The van der Waals surface area contributed by atoms with Crippen LogP contribution in [-0.2, 0) is 20.6 Å². The van der Waals surface area contributed by atoms with E-state index in [1.54, 1.807) is 13.6 Å². The summed E-state index contributed by atoms with van der Waals surface area (Å²) in [6.45, 7) is 4.82. The maximum atomic E-state index is 12.2. The van der Waals surface area contributed by atoms with Gasteiger partial charge in [0, 0.05) is 45.2 Å². The molecule has 0 amide bonds. The first kappa shape index (κ1) is 18.9. The van der Waals surface area contributed by atoms with Gasteiger partial charge in [0.1, 0.15) is 5.82 Å². The molecule has 8 heteroatoms. The Bertz CT molecular complexity index is 1310. The van der Waals surface area contributed by atoms with Gasteiger partial charge >= 0.3 is 5.69 Å². The van der Waals surface area contributed by atoms with E-state index in [9.17, 15) is 4.79 Å². The largest absolute Gasteiger partial charge is 0.384 e. The number of nitrogen functional groups attached to an aromatic ring is 1. The maximum Gasteiger partial charge on any atom is 0.328 e. The molecule has 4 heterocycles. The summed E-state index contributed by atoms with van der Waals surface area (Å²) >= 11 is 0. The molecular formula is C22H27N7O. The van der Waals surface area contributed by atoms with Crippen molar-refractivity contribution < 1.29 is 0 Å². The second kappa shape index (κ2) is 6.98. The topological polar surface area (TPSA) is 86.4 Å². The van der Waals surface area contributed by atoms with Crippen molar-refractivity contribution in [1.29, 1.82) is 0 Å². The highest BCUT2D eigenvalue weighted by Gasteiger charge is 2.24. The Morgan fingerprint density at radius 3 is 2.77 bits per heavy atom. The number of benzene rings is 1. The van der Waals surface area contributed by atoms with Gasteiger partial charge in [-0.1, -0.05) is 6.07 Å². The van der Waals surface area contributed by atoms with Crippen molar-refractivity contribution in [3.05, 3.63) is 57.8 Å². The minimum absolute atomic E-state index is 0.00866. The monoisotopic (exact) mass is 405 g/mol. The van der Waals surface area contributed by atoms with Crippen LogP contribution in [0.3, 0.4) is 0 Å². The summed E-state index contributed by atoms with van der Waals surface area (Å²) < 4.78 is 5.12. The molecule has 1 aliphatic heterocycles. The van der Waals surface area contributed by atoms with Gasteiger partial charge in [0.2, 0.25) is 0 Å². The van der Waals surface area contributed by atoms with Crippen molar-refractivity contribution in [2.24, 2.45) is 14.1 Å². The summed E-state index contributed by atoms with van der Waals surface area (Å²) in [6.07, 6.45) is 2.24. The lowest BCUT2D eigenvalue weighted by molar-refractivity contribution is 0.198. The standard InChI is InChI=1S/C22H27N7O/c1-14-9-21-24-17(11-20(23)29(21)25-14)16-5-4-8-28(13-16)12-15-6-7-18-19(10-15)27(3)22(30)26(18)2/h6-7,9-11,16H,4-5,8,12-13,23H2,1-3H3. The van der Waals surface area contributed by atoms with Gasteiger partial charge in [-0.15, -0.1) is 0 Å². The van der Waals surface area contributed by atoms with E-state index in [-0.39, 0.29) is 5.69 Å². The van der Waals surface area contributed by atoms with Crippen molar-refractivity contribution >= 4 is 22.5 Å². The molecule has 1 saturated heterocycles. The lowest BCUT2D eigenvalue weighted by atomic mass is 9.94. The molecule has 0 saturated carbocycles. The normalized spacial score (nSPS) is 17.9. The lowest BCUT2D eigenvalue weighted by Crippen LogP contribution is -2.34. The van der Waals surface area contributed by atoms with E-state index in [0.717, 1.165) is 60.5 Å². The molecule has 0 aliphatic carbocycles. The first-order valence-electron chi connectivity index (χ1n) is 10.4.